The molecule has 1 heterocycles. The molecule has 0 saturated heterocycles. The average molecular weight is 294 g/mol. The number of hydrogen-bond acceptors (Lipinski definition) is 3. The Balaban J connectivity index is 2.90. The van der Waals surface area contributed by atoms with Gasteiger partial charge < -0.3 is 10.6 Å². The number of aryl methyl sites for hydroxylation is 1. The van der Waals surface area contributed by atoms with Crippen molar-refractivity contribution >= 4 is 5.91 Å². The lowest BCUT2D eigenvalue weighted by molar-refractivity contribution is 0.0684. The second-order valence-electron chi connectivity index (χ2n) is 5.62. The predicted molar refractivity (Wildman–Crippen MR) is 86.3 cm³/mol. The maximum Gasteiger partial charge on any atom is 0.257 e. The molecule has 0 aliphatic heterocycles. The van der Waals surface area contributed by atoms with E-state index in [-0.39, 0.29) is 11.9 Å². The Hall–Kier alpha value is -1.36. The summed E-state index contributed by atoms with van der Waals surface area (Å²) in [6.45, 7) is 10.6. The molecule has 1 aromatic rings. The fraction of sp³-hybridized carbons (Fsp3) is 0.750. The van der Waals surface area contributed by atoms with Gasteiger partial charge in [0.2, 0.25) is 0 Å². The van der Waals surface area contributed by atoms with E-state index in [1.54, 1.807) is 6.20 Å². The lowest BCUT2D eigenvalue weighted by Crippen LogP contribution is -2.39. The first-order chi connectivity index (χ1) is 10.1. The molecule has 0 spiro atoms. The second kappa shape index (κ2) is 8.82. The van der Waals surface area contributed by atoms with Gasteiger partial charge in [0.1, 0.15) is 0 Å². The van der Waals surface area contributed by atoms with Gasteiger partial charge in [-0.15, -0.1) is 0 Å². The molecule has 0 radical (unpaired) electrons. The standard InChI is InChI=1S/C16H30N4O/c1-5-7-10-19(13(3)6-2)16(21)15-12-18-20(14(15)4)11-8-9-17/h12-13H,5-11,17H2,1-4H3. The zero-order chi connectivity index (χ0) is 15.8. The monoisotopic (exact) mass is 294 g/mol. The van der Waals surface area contributed by atoms with Crippen molar-refractivity contribution in [3.63, 3.8) is 0 Å². The molecule has 1 aromatic heterocycles. The number of nitrogens with two attached hydrogens (primary N) is 1. The van der Waals surface area contributed by atoms with E-state index in [2.05, 4.69) is 25.9 Å². The minimum absolute atomic E-state index is 0.106. The van der Waals surface area contributed by atoms with Crippen LogP contribution in [0.15, 0.2) is 6.20 Å². The maximum atomic E-state index is 12.8. The van der Waals surface area contributed by atoms with Gasteiger partial charge in [-0.05, 0) is 39.7 Å². The van der Waals surface area contributed by atoms with Crippen molar-refractivity contribution in [1.82, 2.24) is 14.7 Å². The summed E-state index contributed by atoms with van der Waals surface area (Å²) < 4.78 is 1.88. The highest BCUT2D eigenvalue weighted by Crippen LogP contribution is 2.15. The molecule has 1 rings (SSSR count). The van der Waals surface area contributed by atoms with Crippen LogP contribution in [0.5, 0.6) is 0 Å². The van der Waals surface area contributed by atoms with Gasteiger partial charge in [0.25, 0.3) is 5.91 Å². The molecular formula is C16H30N4O. The molecule has 1 amide bonds. The first-order valence-corrected chi connectivity index (χ1v) is 8.10. The van der Waals surface area contributed by atoms with Crippen LogP contribution < -0.4 is 5.73 Å². The molecule has 21 heavy (non-hydrogen) atoms. The third-order valence-electron chi connectivity index (χ3n) is 4.04. The minimum Gasteiger partial charge on any atom is -0.336 e. The summed E-state index contributed by atoms with van der Waals surface area (Å²) in [7, 11) is 0. The third kappa shape index (κ3) is 4.56. The third-order valence-corrected chi connectivity index (χ3v) is 4.04. The van der Waals surface area contributed by atoms with Gasteiger partial charge in [-0.25, -0.2) is 0 Å². The molecule has 0 bridgehead atoms. The van der Waals surface area contributed by atoms with E-state index in [9.17, 15) is 4.79 Å². The van der Waals surface area contributed by atoms with Crippen LogP contribution in [-0.4, -0.2) is 39.7 Å². The number of hydrogen-bond donors (Lipinski definition) is 1. The molecule has 0 fully saturated rings. The van der Waals surface area contributed by atoms with Gasteiger partial charge >= 0.3 is 0 Å². The summed E-state index contributed by atoms with van der Waals surface area (Å²) in [5.41, 5.74) is 7.21. The highest BCUT2D eigenvalue weighted by Gasteiger charge is 2.23. The van der Waals surface area contributed by atoms with Crippen molar-refractivity contribution in [1.29, 1.82) is 0 Å². The van der Waals surface area contributed by atoms with Gasteiger partial charge in [0.05, 0.1) is 11.8 Å². The number of unbranched alkanes of at least 4 members (excludes halogenated alkanes) is 1. The number of aromatic nitrogens is 2. The summed E-state index contributed by atoms with van der Waals surface area (Å²) >= 11 is 0. The molecule has 120 valence electrons. The quantitative estimate of drug-likeness (QED) is 0.761. The van der Waals surface area contributed by atoms with E-state index in [4.69, 9.17) is 5.73 Å². The van der Waals surface area contributed by atoms with Crippen molar-refractivity contribution in [3.8, 4) is 0 Å². The van der Waals surface area contributed by atoms with Crippen LogP contribution in [0.3, 0.4) is 0 Å². The zero-order valence-corrected chi connectivity index (χ0v) is 13.9. The lowest BCUT2D eigenvalue weighted by atomic mass is 10.1. The van der Waals surface area contributed by atoms with E-state index in [0.29, 0.717) is 6.54 Å². The summed E-state index contributed by atoms with van der Waals surface area (Å²) in [5.74, 6) is 0.106. The highest BCUT2D eigenvalue weighted by molar-refractivity contribution is 5.95. The summed E-state index contributed by atoms with van der Waals surface area (Å²) in [6, 6.07) is 0.260. The molecule has 0 saturated carbocycles. The zero-order valence-electron chi connectivity index (χ0n) is 13.9. The Kier molecular flexibility index (Phi) is 7.43. The van der Waals surface area contributed by atoms with E-state index in [1.165, 1.54) is 0 Å². The lowest BCUT2D eigenvalue weighted by Gasteiger charge is -2.28. The van der Waals surface area contributed by atoms with E-state index >= 15 is 0 Å². The van der Waals surface area contributed by atoms with Crippen LogP contribution in [0.25, 0.3) is 0 Å². The Bertz CT molecular complexity index is 441. The number of nitrogens with zero attached hydrogens (tertiary/aromatic N) is 3. The molecule has 0 aliphatic carbocycles. The first kappa shape index (κ1) is 17.7. The SMILES string of the molecule is CCCCN(C(=O)c1cnn(CCCN)c1C)C(C)CC. The molecule has 1 atom stereocenters. The Labute approximate surface area is 128 Å². The molecule has 2 N–H and O–H groups in total. The molecule has 0 aromatic carbocycles. The van der Waals surface area contributed by atoms with E-state index < -0.39 is 0 Å². The van der Waals surface area contributed by atoms with Crippen LogP contribution in [0.4, 0.5) is 0 Å². The number of carbonyl (C=O) groups excluding carboxylic acids is 1. The molecule has 5 nitrogen and oxygen atoms in total. The normalized spacial score (nSPS) is 12.4. The summed E-state index contributed by atoms with van der Waals surface area (Å²) in [6.07, 6.45) is 5.68. The Morgan fingerprint density at radius 1 is 1.43 bits per heavy atom. The van der Waals surface area contributed by atoms with Crippen molar-refractivity contribution in [2.24, 2.45) is 5.73 Å². The van der Waals surface area contributed by atoms with E-state index in [0.717, 1.165) is 50.0 Å². The summed E-state index contributed by atoms with van der Waals surface area (Å²) in [5, 5.41) is 4.34. The maximum absolute atomic E-state index is 12.8. The van der Waals surface area contributed by atoms with Crippen LogP contribution in [-0.2, 0) is 6.54 Å². The topological polar surface area (TPSA) is 64.2 Å². The first-order valence-electron chi connectivity index (χ1n) is 8.10. The van der Waals surface area contributed by atoms with Crippen LogP contribution >= 0.6 is 0 Å². The molecule has 0 aliphatic rings. The van der Waals surface area contributed by atoms with Crippen molar-refractivity contribution in [2.45, 2.75) is 66.0 Å². The van der Waals surface area contributed by atoms with Crippen molar-refractivity contribution in [3.05, 3.63) is 17.5 Å². The highest BCUT2D eigenvalue weighted by atomic mass is 16.2. The van der Waals surface area contributed by atoms with Crippen LogP contribution in [0.1, 0.15) is 62.5 Å². The van der Waals surface area contributed by atoms with Gasteiger partial charge in [-0.3, -0.25) is 9.48 Å². The fourth-order valence-electron chi connectivity index (χ4n) is 2.35. The molecule has 5 heteroatoms. The van der Waals surface area contributed by atoms with Crippen LogP contribution in [0, 0.1) is 6.92 Å². The van der Waals surface area contributed by atoms with E-state index in [1.807, 2.05) is 16.5 Å². The average Bonchev–Trinajstić information content (AvgIpc) is 2.85. The van der Waals surface area contributed by atoms with Gasteiger partial charge in [0, 0.05) is 24.8 Å². The van der Waals surface area contributed by atoms with Gasteiger partial charge in [0.15, 0.2) is 0 Å². The number of rotatable bonds is 9. The van der Waals surface area contributed by atoms with Gasteiger partial charge in [-0.1, -0.05) is 20.3 Å². The minimum atomic E-state index is 0.106. The Morgan fingerprint density at radius 2 is 2.14 bits per heavy atom. The fourth-order valence-corrected chi connectivity index (χ4v) is 2.35. The largest absolute Gasteiger partial charge is 0.336 e. The second-order valence-corrected chi connectivity index (χ2v) is 5.62. The van der Waals surface area contributed by atoms with Crippen molar-refractivity contribution in [2.75, 3.05) is 13.1 Å². The smallest absolute Gasteiger partial charge is 0.257 e. The number of carbonyl (C=O) groups is 1. The molecular weight excluding hydrogens is 264 g/mol. The predicted octanol–water partition coefficient (Wildman–Crippen LogP) is 2.58. The molecule has 1 unspecified atom stereocenters. The van der Waals surface area contributed by atoms with Crippen molar-refractivity contribution < 1.29 is 4.79 Å². The van der Waals surface area contributed by atoms with Crippen LogP contribution in [0.2, 0.25) is 0 Å². The van der Waals surface area contributed by atoms with Gasteiger partial charge in [-0.2, -0.15) is 5.10 Å². The Morgan fingerprint density at radius 3 is 2.71 bits per heavy atom. The number of amides is 1. The summed E-state index contributed by atoms with van der Waals surface area (Å²) in [4.78, 5) is 14.8.